The van der Waals surface area contributed by atoms with Crippen LogP contribution in [-0.2, 0) is 0 Å². The fourth-order valence-corrected chi connectivity index (χ4v) is 8.70. The lowest BCUT2D eigenvalue weighted by atomic mass is 9.80. The van der Waals surface area contributed by atoms with Crippen LogP contribution in [0.2, 0.25) is 0 Å². The van der Waals surface area contributed by atoms with Crippen LogP contribution in [-0.4, -0.2) is 4.98 Å². The Morgan fingerprint density at radius 1 is 0.291 bits per heavy atom. The highest BCUT2D eigenvalue weighted by Gasteiger charge is 2.23. The first-order chi connectivity index (χ1) is 27.3. The monoisotopic (exact) mass is 699 g/mol. The Bertz CT molecular complexity index is 3200. The van der Waals surface area contributed by atoms with Gasteiger partial charge in [0.05, 0.1) is 5.52 Å². The average Bonchev–Trinajstić information content (AvgIpc) is 3.64. The van der Waals surface area contributed by atoms with Crippen LogP contribution >= 0.6 is 0 Å². The SMILES string of the molecule is c1ccc(-c2cccc(-c3cccc(-c4ccc5oc6ccccc6c5c4)c3-c3c4ccccc4c(-c4ccnc5ccccc45)c4ccccc34)c2)cc1. The van der Waals surface area contributed by atoms with Crippen molar-refractivity contribution in [1.82, 2.24) is 4.98 Å². The van der Waals surface area contributed by atoms with Gasteiger partial charge in [-0.25, -0.2) is 0 Å². The number of rotatable bonds is 5. The molecule has 0 saturated heterocycles. The second-order valence-electron chi connectivity index (χ2n) is 14.2. The molecule has 55 heavy (non-hydrogen) atoms. The maximum atomic E-state index is 6.30. The predicted octanol–water partition coefficient (Wildman–Crippen LogP) is 14.8. The van der Waals surface area contributed by atoms with Crippen molar-refractivity contribution in [3.8, 4) is 55.6 Å². The molecule has 0 amide bonds. The highest BCUT2D eigenvalue weighted by atomic mass is 16.3. The van der Waals surface area contributed by atoms with Gasteiger partial charge in [-0.2, -0.15) is 0 Å². The van der Waals surface area contributed by atoms with E-state index in [1.54, 1.807) is 0 Å². The lowest BCUT2D eigenvalue weighted by Crippen LogP contribution is -1.96. The van der Waals surface area contributed by atoms with E-state index >= 15 is 0 Å². The summed E-state index contributed by atoms with van der Waals surface area (Å²) < 4.78 is 6.30. The summed E-state index contributed by atoms with van der Waals surface area (Å²) in [5.74, 6) is 0. The maximum Gasteiger partial charge on any atom is 0.135 e. The highest BCUT2D eigenvalue weighted by molar-refractivity contribution is 6.25. The summed E-state index contributed by atoms with van der Waals surface area (Å²) in [4.78, 5) is 4.74. The van der Waals surface area contributed by atoms with E-state index in [1.807, 2.05) is 18.3 Å². The van der Waals surface area contributed by atoms with E-state index in [-0.39, 0.29) is 0 Å². The maximum absolute atomic E-state index is 6.30. The predicted molar refractivity (Wildman–Crippen MR) is 231 cm³/mol. The van der Waals surface area contributed by atoms with Crippen molar-refractivity contribution in [2.75, 3.05) is 0 Å². The number of hydrogen-bond donors (Lipinski definition) is 0. The zero-order valence-corrected chi connectivity index (χ0v) is 29.9. The number of aromatic nitrogens is 1. The number of hydrogen-bond acceptors (Lipinski definition) is 2. The number of furan rings is 1. The molecule has 256 valence electrons. The second-order valence-corrected chi connectivity index (χ2v) is 14.2. The lowest BCUT2D eigenvalue weighted by Gasteiger charge is -2.23. The van der Waals surface area contributed by atoms with Crippen LogP contribution < -0.4 is 0 Å². The van der Waals surface area contributed by atoms with E-state index in [0.717, 1.165) is 38.4 Å². The van der Waals surface area contributed by atoms with Crippen LogP contribution in [0.15, 0.2) is 205 Å². The Hall–Kier alpha value is -7.29. The van der Waals surface area contributed by atoms with Crippen molar-refractivity contribution in [2.24, 2.45) is 0 Å². The van der Waals surface area contributed by atoms with Gasteiger partial charge in [0.15, 0.2) is 0 Å². The molecular formula is C53H33NO. The minimum absolute atomic E-state index is 0.892. The van der Waals surface area contributed by atoms with E-state index in [0.29, 0.717) is 0 Å². The van der Waals surface area contributed by atoms with Crippen molar-refractivity contribution in [3.05, 3.63) is 200 Å². The van der Waals surface area contributed by atoms with Crippen molar-refractivity contribution >= 4 is 54.4 Å². The van der Waals surface area contributed by atoms with Gasteiger partial charge in [0, 0.05) is 22.4 Å². The third-order valence-electron chi connectivity index (χ3n) is 11.1. The van der Waals surface area contributed by atoms with E-state index in [1.165, 1.54) is 71.6 Å². The molecule has 2 aromatic heterocycles. The van der Waals surface area contributed by atoms with Crippen LogP contribution in [0.1, 0.15) is 0 Å². The Labute approximate surface area is 318 Å². The molecule has 0 aliphatic carbocycles. The van der Waals surface area contributed by atoms with Crippen LogP contribution in [0.4, 0.5) is 0 Å². The van der Waals surface area contributed by atoms with Gasteiger partial charge in [0.2, 0.25) is 0 Å². The molecule has 11 aromatic rings. The third kappa shape index (κ3) is 5.07. The Morgan fingerprint density at radius 3 is 1.58 bits per heavy atom. The molecule has 2 nitrogen and oxygen atoms in total. The average molecular weight is 700 g/mol. The molecule has 0 radical (unpaired) electrons. The zero-order chi connectivity index (χ0) is 36.3. The first kappa shape index (κ1) is 31.3. The molecule has 9 aromatic carbocycles. The molecule has 2 heteroatoms. The number of nitrogens with zero attached hydrogens (tertiary/aromatic N) is 1. The number of para-hydroxylation sites is 2. The smallest absolute Gasteiger partial charge is 0.135 e. The lowest BCUT2D eigenvalue weighted by molar-refractivity contribution is 0.669. The van der Waals surface area contributed by atoms with Gasteiger partial charge in [-0.1, -0.05) is 158 Å². The molecule has 0 bridgehead atoms. The van der Waals surface area contributed by atoms with Gasteiger partial charge in [0.25, 0.3) is 0 Å². The normalized spacial score (nSPS) is 11.6. The van der Waals surface area contributed by atoms with E-state index < -0.39 is 0 Å². The van der Waals surface area contributed by atoms with Crippen LogP contribution in [0.5, 0.6) is 0 Å². The molecule has 0 aliphatic heterocycles. The molecule has 0 unspecified atom stereocenters. The van der Waals surface area contributed by atoms with Crippen LogP contribution in [0.3, 0.4) is 0 Å². The molecule has 0 saturated carbocycles. The number of fused-ring (bicyclic) bond motifs is 6. The van der Waals surface area contributed by atoms with Gasteiger partial charge in [-0.3, -0.25) is 4.98 Å². The minimum atomic E-state index is 0.892. The van der Waals surface area contributed by atoms with E-state index in [2.05, 4.69) is 182 Å². The van der Waals surface area contributed by atoms with Gasteiger partial charge in [-0.15, -0.1) is 0 Å². The molecule has 0 atom stereocenters. The molecule has 11 rings (SSSR count). The minimum Gasteiger partial charge on any atom is -0.456 e. The Balaban J connectivity index is 1.27. The Morgan fingerprint density at radius 2 is 0.836 bits per heavy atom. The molecule has 0 fully saturated rings. The quantitative estimate of drug-likeness (QED) is 0.167. The van der Waals surface area contributed by atoms with Crippen LogP contribution in [0, 0.1) is 0 Å². The number of pyridine rings is 1. The highest BCUT2D eigenvalue weighted by Crippen LogP contribution is 2.50. The van der Waals surface area contributed by atoms with Gasteiger partial charge in [-0.05, 0) is 114 Å². The van der Waals surface area contributed by atoms with Gasteiger partial charge >= 0.3 is 0 Å². The summed E-state index contributed by atoms with van der Waals surface area (Å²) in [7, 11) is 0. The summed E-state index contributed by atoms with van der Waals surface area (Å²) in [6.07, 6.45) is 1.94. The van der Waals surface area contributed by atoms with Crippen molar-refractivity contribution in [3.63, 3.8) is 0 Å². The first-order valence-electron chi connectivity index (χ1n) is 18.8. The third-order valence-corrected chi connectivity index (χ3v) is 11.1. The molecule has 0 N–H and O–H groups in total. The zero-order valence-electron chi connectivity index (χ0n) is 29.9. The van der Waals surface area contributed by atoms with Crippen molar-refractivity contribution < 1.29 is 4.42 Å². The summed E-state index contributed by atoms with van der Waals surface area (Å²) >= 11 is 0. The fraction of sp³-hybridized carbons (Fsp3) is 0. The molecular weight excluding hydrogens is 667 g/mol. The van der Waals surface area contributed by atoms with Gasteiger partial charge < -0.3 is 4.42 Å². The van der Waals surface area contributed by atoms with Crippen molar-refractivity contribution in [1.29, 1.82) is 0 Å². The van der Waals surface area contributed by atoms with Crippen molar-refractivity contribution in [2.45, 2.75) is 0 Å². The summed E-state index contributed by atoms with van der Waals surface area (Å²) in [5.41, 5.74) is 14.7. The van der Waals surface area contributed by atoms with Gasteiger partial charge in [0.1, 0.15) is 11.2 Å². The molecule has 0 aliphatic rings. The molecule has 0 spiro atoms. The summed E-state index contributed by atoms with van der Waals surface area (Å²) in [6, 6.07) is 69.9. The topological polar surface area (TPSA) is 26.0 Å². The van der Waals surface area contributed by atoms with E-state index in [9.17, 15) is 0 Å². The first-order valence-corrected chi connectivity index (χ1v) is 18.8. The fourth-order valence-electron chi connectivity index (χ4n) is 8.70. The second kappa shape index (κ2) is 12.7. The largest absolute Gasteiger partial charge is 0.456 e. The summed E-state index contributed by atoms with van der Waals surface area (Å²) in [5, 5.41) is 8.22. The van der Waals surface area contributed by atoms with E-state index in [4.69, 9.17) is 9.40 Å². The number of benzene rings is 9. The Kier molecular flexibility index (Phi) is 7.21. The molecule has 2 heterocycles. The summed E-state index contributed by atoms with van der Waals surface area (Å²) in [6.45, 7) is 0. The standard InChI is InChI=1S/C53H33NO/c1-2-14-34(15-3-1)35-16-12-17-36(32-35)38-24-13-25-39(37-28-29-50-47(33-37)41-19-9-11-27-49(41)55-50)52(38)53-44-22-6-4-20-42(44)51(43-21-5-7-23-45(43)53)46-30-31-54-48-26-10-8-18-40(46)48/h1-33H. The van der Waals surface area contributed by atoms with Crippen LogP contribution in [0.25, 0.3) is 110 Å².